The molecule has 5 aromatic rings. The zero-order valence-corrected chi connectivity index (χ0v) is 20.7. The molecule has 4 heterocycles. The molecule has 8 heteroatoms. The van der Waals surface area contributed by atoms with E-state index in [9.17, 15) is 0 Å². The molecule has 174 valence electrons. The fourth-order valence-electron chi connectivity index (χ4n) is 4.80. The number of aryl methyl sites for hydroxylation is 3. The van der Waals surface area contributed by atoms with E-state index in [1.807, 2.05) is 24.8 Å². The van der Waals surface area contributed by atoms with Crippen LogP contribution in [0.2, 0.25) is 0 Å². The molecule has 0 spiro atoms. The molecular formula is C27H25N7S. The summed E-state index contributed by atoms with van der Waals surface area (Å²) >= 11 is 1.87. The molecule has 1 N–H and O–H groups in total. The molecule has 0 saturated carbocycles. The third-order valence-corrected chi connectivity index (χ3v) is 7.52. The first-order chi connectivity index (χ1) is 17.1. The van der Waals surface area contributed by atoms with Gasteiger partial charge in [0.1, 0.15) is 11.3 Å². The number of H-pyrrole nitrogens is 1. The molecule has 0 amide bonds. The summed E-state index contributed by atoms with van der Waals surface area (Å²) in [6.45, 7) is 7.05. The number of tetrazole rings is 1. The van der Waals surface area contributed by atoms with Crippen molar-refractivity contribution >= 4 is 34.6 Å². The second-order valence-electron chi connectivity index (χ2n) is 8.82. The van der Waals surface area contributed by atoms with Crippen LogP contribution in [0.4, 0.5) is 0 Å². The van der Waals surface area contributed by atoms with Gasteiger partial charge in [-0.1, -0.05) is 43.3 Å². The topological polar surface area (TPSA) is 85.2 Å². The smallest absolute Gasteiger partial charge is 0.198 e. The van der Waals surface area contributed by atoms with E-state index in [1.165, 1.54) is 32.7 Å². The maximum Gasteiger partial charge on any atom is 0.198 e. The molecule has 1 aliphatic heterocycles. The van der Waals surface area contributed by atoms with Gasteiger partial charge >= 0.3 is 0 Å². The van der Waals surface area contributed by atoms with Crippen molar-refractivity contribution in [2.75, 3.05) is 0 Å². The average molecular weight is 480 g/mol. The van der Waals surface area contributed by atoms with Crippen LogP contribution >= 0.6 is 11.8 Å². The van der Waals surface area contributed by atoms with Crippen molar-refractivity contribution in [1.82, 2.24) is 35.2 Å². The minimum Gasteiger partial charge on any atom is -0.308 e. The van der Waals surface area contributed by atoms with Gasteiger partial charge in [0.15, 0.2) is 11.5 Å². The Labute approximate surface area is 207 Å². The van der Waals surface area contributed by atoms with Gasteiger partial charge in [-0.05, 0) is 70.7 Å². The molecule has 0 saturated heterocycles. The summed E-state index contributed by atoms with van der Waals surface area (Å²) in [7, 11) is 0. The van der Waals surface area contributed by atoms with Crippen molar-refractivity contribution in [3.63, 3.8) is 0 Å². The molecule has 1 aliphatic rings. The van der Waals surface area contributed by atoms with Crippen LogP contribution in [0.3, 0.4) is 0 Å². The molecule has 0 bridgehead atoms. The molecule has 7 nitrogen and oxygen atoms in total. The summed E-state index contributed by atoms with van der Waals surface area (Å²) in [5.41, 5.74) is 10.2. The SMILES string of the molecule is CCc1nc2c(C)cc(C)nc2n1Cc1ccc2c(c1)SCc1ccccc1C2=Cc1nn[nH]n1. The van der Waals surface area contributed by atoms with Crippen LogP contribution in [0.15, 0.2) is 53.4 Å². The Bertz CT molecular complexity index is 1580. The Morgan fingerprint density at radius 2 is 1.94 bits per heavy atom. The first-order valence-corrected chi connectivity index (χ1v) is 12.7. The number of hydrogen-bond acceptors (Lipinski definition) is 6. The standard InChI is InChI=1S/C27H25N7S/c1-4-25-29-26-16(2)11-17(3)28-27(26)34(25)14-18-9-10-21-22(13-24-30-32-33-31-24)20-8-6-5-7-19(20)15-35-23(21)12-18/h5-13H,4,14-15H2,1-3H3,(H,30,31,32,33). The van der Waals surface area contributed by atoms with Gasteiger partial charge in [-0.15, -0.1) is 22.0 Å². The van der Waals surface area contributed by atoms with E-state index in [0.29, 0.717) is 5.82 Å². The number of rotatable bonds is 4. The highest BCUT2D eigenvalue weighted by atomic mass is 32.2. The van der Waals surface area contributed by atoms with E-state index < -0.39 is 0 Å². The molecule has 35 heavy (non-hydrogen) atoms. The number of pyridine rings is 1. The molecule has 2 aromatic carbocycles. The quantitative estimate of drug-likeness (QED) is 0.373. The van der Waals surface area contributed by atoms with Crippen LogP contribution < -0.4 is 0 Å². The van der Waals surface area contributed by atoms with Crippen LogP contribution in [0, 0.1) is 13.8 Å². The number of benzene rings is 2. The van der Waals surface area contributed by atoms with E-state index in [4.69, 9.17) is 9.97 Å². The Kier molecular flexibility index (Phi) is 5.45. The van der Waals surface area contributed by atoms with Crippen LogP contribution in [-0.4, -0.2) is 35.2 Å². The summed E-state index contributed by atoms with van der Waals surface area (Å²) in [5.74, 6) is 2.55. The van der Waals surface area contributed by atoms with E-state index in [2.05, 4.69) is 87.6 Å². The zero-order valence-electron chi connectivity index (χ0n) is 19.9. The Morgan fingerprint density at radius 1 is 1.06 bits per heavy atom. The van der Waals surface area contributed by atoms with Gasteiger partial charge < -0.3 is 4.57 Å². The van der Waals surface area contributed by atoms with Gasteiger partial charge in [0.2, 0.25) is 0 Å². The molecule has 0 fully saturated rings. The maximum absolute atomic E-state index is 4.91. The summed E-state index contributed by atoms with van der Waals surface area (Å²) in [6, 6.07) is 17.4. The first-order valence-electron chi connectivity index (χ1n) is 11.7. The van der Waals surface area contributed by atoms with Crippen LogP contribution in [0.5, 0.6) is 0 Å². The monoisotopic (exact) mass is 479 g/mol. The maximum atomic E-state index is 4.91. The average Bonchev–Trinajstić information content (AvgIpc) is 3.46. The highest BCUT2D eigenvalue weighted by molar-refractivity contribution is 7.98. The number of hydrogen-bond donors (Lipinski definition) is 1. The molecule has 0 radical (unpaired) electrons. The Hall–Kier alpha value is -3.78. The zero-order chi connectivity index (χ0) is 23.9. The minimum absolute atomic E-state index is 0.575. The fraction of sp³-hybridized carbons (Fsp3) is 0.222. The Balaban J connectivity index is 1.45. The number of aromatic amines is 1. The Morgan fingerprint density at radius 3 is 2.77 bits per heavy atom. The van der Waals surface area contributed by atoms with Crippen molar-refractivity contribution in [3.8, 4) is 0 Å². The van der Waals surface area contributed by atoms with Crippen molar-refractivity contribution in [2.45, 2.75) is 44.4 Å². The molecule has 0 atom stereocenters. The van der Waals surface area contributed by atoms with Crippen molar-refractivity contribution in [3.05, 3.63) is 93.7 Å². The number of imidazole rings is 1. The first kappa shape index (κ1) is 21.7. The van der Waals surface area contributed by atoms with Crippen molar-refractivity contribution < 1.29 is 0 Å². The highest BCUT2D eigenvalue weighted by Crippen LogP contribution is 2.41. The summed E-state index contributed by atoms with van der Waals surface area (Å²) in [6.07, 6.45) is 2.88. The lowest BCUT2D eigenvalue weighted by atomic mass is 9.93. The fourth-order valence-corrected chi connectivity index (χ4v) is 5.93. The van der Waals surface area contributed by atoms with Crippen molar-refractivity contribution in [2.24, 2.45) is 0 Å². The number of fused-ring (bicyclic) bond motifs is 3. The molecule has 0 unspecified atom stereocenters. The third-order valence-electron chi connectivity index (χ3n) is 6.42. The van der Waals surface area contributed by atoms with Gasteiger partial charge in [-0.25, -0.2) is 9.97 Å². The number of nitrogens with zero attached hydrogens (tertiary/aromatic N) is 6. The lowest BCUT2D eigenvalue weighted by Crippen LogP contribution is -2.06. The highest BCUT2D eigenvalue weighted by Gasteiger charge is 2.20. The van der Waals surface area contributed by atoms with Crippen LogP contribution in [0.25, 0.3) is 22.8 Å². The summed E-state index contributed by atoms with van der Waals surface area (Å²) in [5, 5.41) is 14.6. The van der Waals surface area contributed by atoms with Crippen LogP contribution in [-0.2, 0) is 18.7 Å². The largest absolute Gasteiger partial charge is 0.308 e. The normalized spacial score (nSPS) is 14.2. The summed E-state index contributed by atoms with van der Waals surface area (Å²) < 4.78 is 2.27. The van der Waals surface area contributed by atoms with E-state index >= 15 is 0 Å². The second kappa shape index (κ2) is 8.78. The van der Waals surface area contributed by atoms with Gasteiger partial charge in [0.05, 0.1) is 6.54 Å². The van der Waals surface area contributed by atoms with E-state index in [-0.39, 0.29) is 0 Å². The summed E-state index contributed by atoms with van der Waals surface area (Å²) in [4.78, 5) is 11.0. The lowest BCUT2D eigenvalue weighted by Gasteiger charge is -2.13. The predicted octanol–water partition coefficient (Wildman–Crippen LogP) is 5.37. The van der Waals surface area contributed by atoms with E-state index in [1.54, 1.807) is 0 Å². The van der Waals surface area contributed by atoms with Gasteiger partial charge in [0, 0.05) is 22.8 Å². The van der Waals surface area contributed by atoms with Gasteiger partial charge in [-0.2, -0.15) is 5.21 Å². The molecular weight excluding hydrogens is 454 g/mol. The number of aromatic nitrogens is 7. The number of nitrogens with one attached hydrogen (secondary N) is 1. The lowest BCUT2D eigenvalue weighted by molar-refractivity contribution is 0.744. The number of thioether (sulfide) groups is 1. The molecule has 6 rings (SSSR count). The second-order valence-corrected chi connectivity index (χ2v) is 9.84. The minimum atomic E-state index is 0.575. The van der Waals surface area contributed by atoms with Gasteiger partial charge in [0.25, 0.3) is 0 Å². The van der Waals surface area contributed by atoms with Crippen molar-refractivity contribution in [1.29, 1.82) is 0 Å². The molecule has 0 aliphatic carbocycles. The third kappa shape index (κ3) is 3.93. The van der Waals surface area contributed by atoms with E-state index in [0.717, 1.165) is 47.0 Å². The van der Waals surface area contributed by atoms with Crippen LogP contribution in [0.1, 0.15) is 52.1 Å². The molecule has 3 aromatic heterocycles. The van der Waals surface area contributed by atoms with Gasteiger partial charge in [-0.3, -0.25) is 0 Å². The predicted molar refractivity (Wildman–Crippen MR) is 139 cm³/mol.